The summed E-state index contributed by atoms with van der Waals surface area (Å²) in [6.45, 7) is 9.44. The first-order valence-corrected chi connectivity index (χ1v) is 42.1. The summed E-state index contributed by atoms with van der Waals surface area (Å²) in [6.07, 6.45) is 8.86. The second kappa shape index (κ2) is 42.0. The number of carbonyl (C=O) groups is 10. The van der Waals surface area contributed by atoms with Crippen molar-refractivity contribution in [3.63, 3.8) is 0 Å². The van der Waals surface area contributed by atoms with Crippen LogP contribution in [-0.2, 0) is 93.5 Å². The highest BCUT2D eigenvalue weighted by Gasteiger charge is 2.45. The van der Waals surface area contributed by atoms with Crippen LogP contribution in [-0.4, -0.2) is 165 Å². The number of nitrogens with zero attached hydrogens (tertiary/aromatic N) is 2. The minimum Gasteiger partial charge on any atom is -0.481 e. The van der Waals surface area contributed by atoms with Crippen molar-refractivity contribution in [3.8, 4) is 5.75 Å². The van der Waals surface area contributed by atoms with Crippen molar-refractivity contribution < 1.29 is 104 Å². The van der Waals surface area contributed by atoms with Crippen LogP contribution in [0, 0.1) is 11.8 Å². The molecule has 1 aliphatic carbocycles. The third kappa shape index (κ3) is 27.5. The van der Waals surface area contributed by atoms with Crippen LogP contribution in [0.2, 0.25) is 0 Å². The van der Waals surface area contributed by atoms with Crippen molar-refractivity contribution in [2.45, 2.75) is 191 Å². The Kier molecular flexibility index (Phi) is 32.8. The summed E-state index contributed by atoms with van der Waals surface area (Å²) in [4.78, 5) is 132. The second-order valence-corrected chi connectivity index (χ2v) is 33.7. The lowest BCUT2D eigenvalue weighted by Gasteiger charge is -2.27. The number of anilines is 1. The maximum Gasteiger partial charge on any atom is 0.326 e. The minimum absolute atomic E-state index is 0.000859. The number of benzene rings is 5. The number of nitrogens with one attached hydrogen (secondary N) is 4. The molecule has 5 atom stereocenters. The summed E-state index contributed by atoms with van der Waals surface area (Å²) >= 11 is 0. The number of amides is 4. The van der Waals surface area contributed by atoms with Crippen LogP contribution >= 0.6 is 0 Å². The number of unbranched alkanes of at least 4 members (excludes halogenated alkanes) is 3. The van der Waals surface area contributed by atoms with Crippen molar-refractivity contribution in [1.29, 1.82) is 0 Å². The summed E-state index contributed by atoms with van der Waals surface area (Å²) in [5, 5.41) is 49.2. The number of hydrogen-bond acceptors (Lipinski definition) is 16. The van der Waals surface area contributed by atoms with Crippen molar-refractivity contribution in [2.24, 2.45) is 11.8 Å². The Morgan fingerprint density at radius 1 is 0.539 bits per heavy atom. The first-order chi connectivity index (χ1) is 54.6. The molecular weight excluding hydrogens is 1520 g/mol. The molecule has 0 radical (unpaired) electrons. The summed E-state index contributed by atoms with van der Waals surface area (Å²) in [5.74, 6) is -10.8. The first kappa shape index (κ1) is 89.8. The molecule has 0 saturated carbocycles. The molecule has 0 bridgehead atoms. The Morgan fingerprint density at radius 3 is 1.77 bits per heavy atom. The van der Waals surface area contributed by atoms with E-state index in [1.807, 2.05) is 36.4 Å². The first-order valence-electron chi connectivity index (χ1n) is 38.9. The Morgan fingerprint density at radius 2 is 1.12 bits per heavy atom. The Labute approximate surface area is 671 Å². The van der Waals surface area contributed by atoms with Crippen LogP contribution in [0.15, 0.2) is 180 Å². The topological polar surface area (TPSA) is 424 Å². The van der Waals surface area contributed by atoms with Gasteiger partial charge in [0.1, 0.15) is 41.7 Å². The van der Waals surface area contributed by atoms with E-state index in [1.165, 1.54) is 0 Å². The lowest BCUT2D eigenvalue weighted by molar-refractivity contribution is -0.438. The number of fused-ring (bicyclic) bond motifs is 2. The molecule has 2 aliphatic heterocycles. The lowest BCUT2D eigenvalue weighted by Crippen LogP contribution is -2.46. The fraction of sp³-hybridized carbons (Fsp3) is 0.430. The molecule has 616 valence electrons. The molecule has 0 spiro atoms. The van der Waals surface area contributed by atoms with Crippen LogP contribution in [0.1, 0.15) is 171 Å². The van der Waals surface area contributed by atoms with E-state index in [9.17, 15) is 89.2 Å². The smallest absolute Gasteiger partial charge is 0.326 e. The molecule has 8 rings (SSSR count). The van der Waals surface area contributed by atoms with Crippen LogP contribution in [0.25, 0.3) is 0 Å². The highest BCUT2D eigenvalue weighted by atomic mass is 32.2. The predicted octanol–water partition coefficient (Wildman–Crippen LogP) is 11.3. The molecule has 5 aromatic carbocycles. The van der Waals surface area contributed by atoms with Gasteiger partial charge in [0.25, 0.3) is 20.2 Å². The van der Waals surface area contributed by atoms with Crippen molar-refractivity contribution in [3.05, 3.63) is 208 Å². The summed E-state index contributed by atoms with van der Waals surface area (Å²) < 4.78 is 75.1. The maximum absolute atomic E-state index is 14.5. The van der Waals surface area contributed by atoms with E-state index in [0.717, 1.165) is 51.5 Å². The van der Waals surface area contributed by atoms with Crippen LogP contribution in [0.5, 0.6) is 5.75 Å². The highest BCUT2D eigenvalue weighted by Crippen LogP contribution is 2.48. The van der Waals surface area contributed by atoms with Crippen molar-refractivity contribution >= 4 is 96.4 Å². The molecule has 27 nitrogen and oxygen atoms in total. The number of carboxylic acid groups (broad SMARTS) is 4. The predicted molar refractivity (Wildman–Crippen MR) is 432 cm³/mol. The number of allylic oxidation sites excluding steroid dienone is 7. The van der Waals surface area contributed by atoms with Gasteiger partial charge in [-0.25, -0.2) is 14.4 Å². The van der Waals surface area contributed by atoms with Gasteiger partial charge < -0.3 is 51.3 Å². The number of para-hydroxylation sites is 2. The fourth-order valence-corrected chi connectivity index (χ4v) is 16.0. The molecular formula is C86H105N6O21S2+. The van der Waals surface area contributed by atoms with Gasteiger partial charge in [-0.3, -0.25) is 42.7 Å². The maximum atomic E-state index is 14.5. The number of Topliss-reactive ketones (excluding diaryl/α,β-unsaturated/α-hetero) is 3. The van der Waals surface area contributed by atoms with Gasteiger partial charge in [0.05, 0.1) is 28.9 Å². The van der Waals surface area contributed by atoms with Crippen molar-refractivity contribution in [1.82, 2.24) is 21.3 Å². The van der Waals surface area contributed by atoms with Gasteiger partial charge in [-0.1, -0.05) is 129 Å². The number of ether oxygens (including phenoxy) is 1. The number of ketones is 3. The standard InChI is InChI=1S/C86H104N6O21S2/c1-85(2)67-29-11-13-31-72(67)91(47-17-19-49-114(107,108)109)75(85)44-38-60-27-21-28-61(39-45-76-86(3,4)68-30-12-14-32-73(68)92(76)48-18-20-50-115(110,111)112)79(60)113-66-41-36-59(37-42-66)53-71(83(104)105)88-77(96)34-16-15-33-74(95)70(52-58-25-9-6-10-26-58)89-80(99)62(51-57-23-7-5-8-24-57)54-65(94)56-63(81(100)101)55-64(93)40-43-69(82(102)103)90-84(106)87-46-22-35-78(97)98/h5-14,23-26,29-32,36-39,41-42,44-45,62-63,69-71H,15-22,27-28,33-35,40,43,46-56H2,1-4H3,(H9-,87,88,89,90,96,97,98,99,100,101,102,103,104,105,106,107,108,109,110,111,112)/p+1/t62-,63+,69+,70+,71+/m1/s1. The van der Waals surface area contributed by atoms with Crippen molar-refractivity contribution in [2.75, 3.05) is 36.0 Å². The monoisotopic (exact) mass is 1620 g/mol. The Hall–Kier alpha value is -10.8. The molecule has 0 saturated heterocycles. The second-order valence-electron chi connectivity index (χ2n) is 30.5. The van der Waals surface area contributed by atoms with E-state index < -0.39 is 152 Å². The van der Waals surface area contributed by atoms with Crippen LogP contribution in [0.4, 0.5) is 16.2 Å². The highest BCUT2D eigenvalue weighted by molar-refractivity contribution is 7.86. The van der Waals surface area contributed by atoms with Crippen LogP contribution in [0.3, 0.4) is 0 Å². The number of aliphatic carboxylic acids is 4. The SMILES string of the molecule is CC1(C)C(=CC=C2CCCC(C=CC3=[N+](CCCCS(=O)(=O)O)c4ccccc4C3(C)C)=C2Oc2ccc(C[C@H](NC(=O)CCCCC(=O)[C@H](Cc3ccccc3)NC(=O)[C@@H](CC(=O)C[C@H](CC(=O)CC[C@H](NC(=O)NCCCC(=O)O)C(=O)O)C(=O)O)Cc3ccccc3)C(=O)O)cc2)N(CCCCS(=O)(=O)O)c2ccccc21. The Balaban J connectivity index is 0.938. The molecule has 5 aromatic rings. The van der Waals surface area contributed by atoms with Crippen LogP contribution < -0.4 is 30.9 Å². The number of urea groups is 1. The third-order valence-electron chi connectivity index (χ3n) is 20.9. The summed E-state index contributed by atoms with van der Waals surface area (Å²) in [6, 6.07) is 35.6. The van der Waals surface area contributed by atoms with Gasteiger partial charge in [0.15, 0.2) is 11.5 Å². The quantitative estimate of drug-likeness (QED) is 0.00982. The molecule has 2 heterocycles. The van der Waals surface area contributed by atoms with Gasteiger partial charge in [-0.2, -0.15) is 21.4 Å². The Bertz CT molecular complexity index is 4740. The number of rotatable bonds is 47. The van der Waals surface area contributed by atoms with E-state index in [1.54, 1.807) is 84.9 Å². The molecule has 29 heteroatoms. The fourth-order valence-electron chi connectivity index (χ4n) is 14.9. The zero-order valence-electron chi connectivity index (χ0n) is 65.3. The third-order valence-corrected chi connectivity index (χ3v) is 22.6. The largest absolute Gasteiger partial charge is 0.481 e. The summed E-state index contributed by atoms with van der Waals surface area (Å²) in [5.41, 5.74) is 8.82. The molecule has 3 aliphatic rings. The molecule has 0 aromatic heterocycles. The van der Waals surface area contributed by atoms with E-state index in [-0.39, 0.29) is 88.7 Å². The average Bonchev–Trinajstić information content (AvgIpc) is 1.60. The van der Waals surface area contributed by atoms with E-state index in [4.69, 9.17) is 9.84 Å². The minimum atomic E-state index is -4.16. The molecule has 115 heavy (non-hydrogen) atoms. The van der Waals surface area contributed by atoms with Gasteiger partial charge in [-0.05, 0) is 155 Å². The zero-order valence-corrected chi connectivity index (χ0v) is 66.9. The van der Waals surface area contributed by atoms with E-state index in [0.29, 0.717) is 67.0 Å². The van der Waals surface area contributed by atoms with E-state index >= 15 is 0 Å². The van der Waals surface area contributed by atoms with Gasteiger partial charge >= 0.3 is 29.9 Å². The summed E-state index contributed by atoms with van der Waals surface area (Å²) in [7, 11) is -8.32. The zero-order chi connectivity index (χ0) is 83.6. The number of hydrogen-bond donors (Lipinski definition) is 10. The molecule has 0 unspecified atom stereocenters. The lowest BCUT2D eigenvalue weighted by atomic mass is 9.81. The molecule has 4 amide bonds. The van der Waals surface area contributed by atoms with Gasteiger partial charge in [-0.15, -0.1) is 0 Å². The van der Waals surface area contributed by atoms with E-state index in [2.05, 4.69) is 94.9 Å². The van der Waals surface area contributed by atoms with Gasteiger partial charge in [0, 0.05) is 111 Å². The number of carbonyl (C=O) groups excluding carboxylic acids is 6. The molecule has 0 fully saturated rings. The average molecular weight is 1620 g/mol. The van der Waals surface area contributed by atoms with Gasteiger partial charge in [0.2, 0.25) is 17.5 Å². The normalized spacial score (nSPS) is 16.4. The number of carboxylic acids is 4. The molecule has 10 N–H and O–H groups in total.